The van der Waals surface area contributed by atoms with Gasteiger partial charge < -0.3 is 9.88 Å². The van der Waals surface area contributed by atoms with E-state index in [1.807, 2.05) is 31.3 Å². The van der Waals surface area contributed by atoms with Crippen molar-refractivity contribution >= 4 is 28.4 Å². The highest BCUT2D eigenvalue weighted by molar-refractivity contribution is 6.31. The molecule has 7 heteroatoms. The number of benzene rings is 1. The average molecular weight is 380 g/mol. The third kappa shape index (κ3) is 3.57. The topological polar surface area (TPSA) is 64.7 Å². The number of fused-ring (bicyclic) bond motifs is 1. The van der Waals surface area contributed by atoms with Gasteiger partial charge in [0.2, 0.25) is 0 Å². The summed E-state index contributed by atoms with van der Waals surface area (Å²) < 4.78 is 3.72. The minimum absolute atomic E-state index is 0.146. The maximum atomic E-state index is 12.4. The number of hydrogen-bond donors (Lipinski definition) is 1. The van der Waals surface area contributed by atoms with Crippen LogP contribution in [0.1, 0.15) is 15.9 Å². The molecule has 1 N–H and O–H groups in total. The Morgan fingerprint density at radius 2 is 2.15 bits per heavy atom. The van der Waals surface area contributed by atoms with Crippen molar-refractivity contribution < 1.29 is 4.79 Å². The van der Waals surface area contributed by atoms with Crippen molar-refractivity contribution in [3.05, 3.63) is 77.3 Å². The second-order valence-corrected chi connectivity index (χ2v) is 6.72. The van der Waals surface area contributed by atoms with E-state index in [2.05, 4.69) is 26.2 Å². The van der Waals surface area contributed by atoms with Crippen molar-refractivity contribution in [1.82, 2.24) is 24.6 Å². The molecule has 3 aromatic heterocycles. The van der Waals surface area contributed by atoms with Gasteiger partial charge in [-0.2, -0.15) is 5.10 Å². The number of nitrogens with zero attached hydrogens (tertiary/aromatic N) is 4. The van der Waals surface area contributed by atoms with Crippen molar-refractivity contribution in [2.24, 2.45) is 7.05 Å². The quantitative estimate of drug-likeness (QED) is 0.578. The fraction of sp³-hybridized carbons (Fsp3) is 0.150. The molecule has 0 saturated carbocycles. The normalized spacial score (nSPS) is 11.0. The second kappa shape index (κ2) is 7.25. The largest absolute Gasteiger partial charge is 0.352 e. The molecular weight excluding hydrogens is 362 g/mol. The molecule has 136 valence electrons. The van der Waals surface area contributed by atoms with Gasteiger partial charge in [0.1, 0.15) is 0 Å². The van der Waals surface area contributed by atoms with Gasteiger partial charge in [-0.15, -0.1) is 0 Å². The Morgan fingerprint density at radius 1 is 1.26 bits per heavy atom. The molecule has 0 aliphatic carbocycles. The molecule has 0 bridgehead atoms. The number of carbonyl (C=O) groups is 1. The van der Waals surface area contributed by atoms with Crippen LogP contribution in [0.15, 0.2) is 61.2 Å². The van der Waals surface area contributed by atoms with Crippen molar-refractivity contribution in [2.45, 2.75) is 6.42 Å². The summed E-state index contributed by atoms with van der Waals surface area (Å²) in [5.74, 6) is 0.525. The van der Waals surface area contributed by atoms with Crippen molar-refractivity contribution in [3.63, 3.8) is 0 Å². The van der Waals surface area contributed by atoms with E-state index >= 15 is 0 Å². The predicted octanol–water partition coefficient (Wildman–Crippen LogP) is 3.38. The SMILES string of the molecule is Cn1cc(CCNC(=O)c2ccc(-n3cccn3)nc2)c2cc(Cl)ccc21. The van der Waals surface area contributed by atoms with E-state index in [-0.39, 0.29) is 5.91 Å². The van der Waals surface area contributed by atoms with E-state index < -0.39 is 0 Å². The lowest BCUT2D eigenvalue weighted by atomic mass is 10.1. The summed E-state index contributed by atoms with van der Waals surface area (Å²) in [6.45, 7) is 0.533. The fourth-order valence-corrected chi connectivity index (χ4v) is 3.29. The van der Waals surface area contributed by atoms with Crippen LogP contribution in [-0.4, -0.2) is 31.8 Å². The van der Waals surface area contributed by atoms with Crippen LogP contribution in [0.3, 0.4) is 0 Å². The van der Waals surface area contributed by atoms with E-state index in [9.17, 15) is 4.79 Å². The smallest absolute Gasteiger partial charge is 0.252 e. The van der Waals surface area contributed by atoms with Crippen LogP contribution in [0.2, 0.25) is 5.02 Å². The minimum atomic E-state index is -0.146. The lowest BCUT2D eigenvalue weighted by molar-refractivity contribution is 0.0954. The molecule has 0 aliphatic rings. The maximum Gasteiger partial charge on any atom is 0.252 e. The molecule has 4 rings (SSSR count). The number of amides is 1. The zero-order valence-corrected chi connectivity index (χ0v) is 15.5. The molecule has 0 unspecified atom stereocenters. The summed E-state index contributed by atoms with van der Waals surface area (Å²) in [5, 5.41) is 8.89. The number of aromatic nitrogens is 4. The standard InChI is InChI=1S/C20H18ClN5O/c1-25-13-15(17-11-16(21)4-5-18(17)25)7-9-22-20(27)14-3-6-19(23-12-14)26-10-2-8-24-26/h2-6,8,10-13H,7,9H2,1H3,(H,22,27). The van der Waals surface area contributed by atoms with Gasteiger partial charge in [-0.05, 0) is 48.4 Å². The van der Waals surface area contributed by atoms with Gasteiger partial charge in [-0.3, -0.25) is 4.79 Å². The van der Waals surface area contributed by atoms with Crippen LogP contribution in [0.25, 0.3) is 16.7 Å². The molecule has 0 spiro atoms. The highest BCUT2D eigenvalue weighted by atomic mass is 35.5. The van der Waals surface area contributed by atoms with Crippen molar-refractivity contribution in [1.29, 1.82) is 0 Å². The van der Waals surface area contributed by atoms with Gasteiger partial charge in [-0.1, -0.05) is 11.6 Å². The van der Waals surface area contributed by atoms with Crippen molar-refractivity contribution in [2.75, 3.05) is 6.54 Å². The zero-order valence-electron chi connectivity index (χ0n) is 14.8. The Morgan fingerprint density at radius 3 is 2.89 bits per heavy atom. The number of aryl methyl sites for hydroxylation is 1. The van der Waals surface area contributed by atoms with Crippen LogP contribution in [0.5, 0.6) is 0 Å². The molecule has 3 heterocycles. The molecule has 0 aliphatic heterocycles. The van der Waals surface area contributed by atoms with Crippen LogP contribution < -0.4 is 5.32 Å². The summed E-state index contributed by atoms with van der Waals surface area (Å²) in [7, 11) is 2.01. The number of halogens is 1. The molecule has 4 aromatic rings. The lowest BCUT2D eigenvalue weighted by Gasteiger charge is -2.06. The number of hydrogen-bond acceptors (Lipinski definition) is 3. The molecule has 1 aromatic carbocycles. The molecule has 0 saturated heterocycles. The summed E-state index contributed by atoms with van der Waals surface area (Å²) in [6, 6.07) is 11.2. The molecule has 0 radical (unpaired) electrons. The van der Waals surface area contributed by atoms with Gasteiger partial charge in [0.25, 0.3) is 5.91 Å². The van der Waals surface area contributed by atoms with E-state index in [1.54, 1.807) is 35.4 Å². The Bertz CT molecular complexity index is 1080. The van der Waals surface area contributed by atoms with E-state index in [4.69, 9.17) is 11.6 Å². The summed E-state index contributed by atoms with van der Waals surface area (Å²) in [5.41, 5.74) is 2.80. The van der Waals surface area contributed by atoms with Crippen LogP contribution in [-0.2, 0) is 13.5 Å². The molecule has 1 amide bonds. The summed E-state index contributed by atoms with van der Waals surface area (Å²) in [4.78, 5) is 16.6. The Kier molecular flexibility index (Phi) is 4.64. The van der Waals surface area contributed by atoms with Gasteiger partial charge in [-0.25, -0.2) is 9.67 Å². The molecular formula is C20H18ClN5O. The van der Waals surface area contributed by atoms with Gasteiger partial charge in [0.05, 0.1) is 5.56 Å². The predicted molar refractivity (Wildman–Crippen MR) is 105 cm³/mol. The first-order chi connectivity index (χ1) is 13.1. The first kappa shape index (κ1) is 17.3. The number of nitrogens with one attached hydrogen (secondary N) is 1. The fourth-order valence-electron chi connectivity index (χ4n) is 3.12. The minimum Gasteiger partial charge on any atom is -0.352 e. The van der Waals surface area contributed by atoms with Crippen molar-refractivity contribution in [3.8, 4) is 5.82 Å². The van der Waals surface area contributed by atoms with E-state index in [0.29, 0.717) is 22.9 Å². The lowest BCUT2D eigenvalue weighted by Crippen LogP contribution is -2.25. The molecule has 6 nitrogen and oxygen atoms in total. The average Bonchev–Trinajstić information content (AvgIpc) is 3.31. The highest BCUT2D eigenvalue weighted by Crippen LogP contribution is 2.24. The zero-order chi connectivity index (χ0) is 18.8. The monoisotopic (exact) mass is 379 g/mol. The number of carbonyl (C=O) groups excluding carboxylic acids is 1. The summed E-state index contributed by atoms with van der Waals surface area (Å²) >= 11 is 6.12. The van der Waals surface area contributed by atoms with E-state index in [1.165, 1.54) is 0 Å². The van der Waals surface area contributed by atoms with Gasteiger partial charge >= 0.3 is 0 Å². The van der Waals surface area contributed by atoms with Gasteiger partial charge in [0, 0.05) is 54.3 Å². The van der Waals surface area contributed by atoms with Gasteiger partial charge in [0.15, 0.2) is 5.82 Å². The third-order valence-corrected chi connectivity index (χ3v) is 4.70. The molecule has 0 atom stereocenters. The Balaban J connectivity index is 1.41. The summed E-state index contributed by atoms with van der Waals surface area (Å²) in [6.07, 6.45) is 7.85. The second-order valence-electron chi connectivity index (χ2n) is 6.29. The Hall–Kier alpha value is -3.12. The highest BCUT2D eigenvalue weighted by Gasteiger charge is 2.10. The number of rotatable bonds is 5. The first-order valence-electron chi connectivity index (χ1n) is 8.59. The van der Waals surface area contributed by atoms with Crippen LogP contribution >= 0.6 is 11.6 Å². The third-order valence-electron chi connectivity index (χ3n) is 4.46. The maximum absolute atomic E-state index is 12.4. The van der Waals surface area contributed by atoms with Crippen LogP contribution in [0, 0.1) is 0 Å². The number of pyridine rings is 1. The Labute approximate surface area is 161 Å². The van der Waals surface area contributed by atoms with E-state index in [0.717, 1.165) is 22.9 Å². The van der Waals surface area contributed by atoms with Crippen LogP contribution in [0.4, 0.5) is 0 Å². The first-order valence-corrected chi connectivity index (χ1v) is 8.97. The molecule has 27 heavy (non-hydrogen) atoms. The molecule has 0 fully saturated rings.